The molecule has 6 heterocycles. The van der Waals surface area contributed by atoms with Crippen LogP contribution in [-0.2, 0) is 12.8 Å². The molecule has 4 aromatic rings. The summed E-state index contributed by atoms with van der Waals surface area (Å²) in [6.07, 6.45) is 17.0. The Labute approximate surface area is 288 Å². The Hall–Kier alpha value is -3.34. The topological polar surface area (TPSA) is 66.5 Å². The monoisotopic (exact) mass is 679 g/mol. The number of aromatic nitrogens is 3. The summed E-state index contributed by atoms with van der Waals surface area (Å²) >= 11 is 1.80. The van der Waals surface area contributed by atoms with Gasteiger partial charge in [-0.1, -0.05) is 12.8 Å². The Morgan fingerprint density at radius 2 is 1.33 bits per heavy atom. The number of alkyl halides is 2. The second-order valence-corrected chi connectivity index (χ2v) is 14.1. The zero-order chi connectivity index (χ0) is 33.6. The fourth-order valence-electron chi connectivity index (χ4n) is 5.80. The molecule has 4 aromatic heterocycles. The Bertz CT molecular complexity index is 1400. The van der Waals surface area contributed by atoms with Crippen LogP contribution in [-0.4, -0.2) is 90.6 Å². The van der Waals surface area contributed by atoms with E-state index in [4.69, 9.17) is 9.47 Å². The zero-order valence-corrected chi connectivity index (χ0v) is 29.3. The van der Waals surface area contributed by atoms with E-state index in [2.05, 4.69) is 69.2 Å². The average molecular weight is 680 g/mol. The van der Waals surface area contributed by atoms with E-state index < -0.39 is 0 Å². The van der Waals surface area contributed by atoms with Crippen LogP contribution in [0.2, 0.25) is 0 Å². The maximum Gasteiger partial charge on any atom is 0.138 e. The van der Waals surface area contributed by atoms with Gasteiger partial charge < -0.3 is 14.5 Å². The number of likely N-dealkylation sites (tertiary alicyclic amines) is 2. The van der Waals surface area contributed by atoms with E-state index in [0.29, 0.717) is 31.5 Å². The maximum absolute atomic E-state index is 12.1. The van der Waals surface area contributed by atoms with Crippen molar-refractivity contribution in [3.05, 3.63) is 71.8 Å². The molecule has 2 saturated heterocycles. The Morgan fingerprint density at radius 1 is 0.729 bits per heavy atom. The van der Waals surface area contributed by atoms with Crippen molar-refractivity contribution in [2.24, 2.45) is 0 Å². The zero-order valence-electron chi connectivity index (χ0n) is 28.5. The number of ether oxygens (including phenoxy) is 2. The van der Waals surface area contributed by atoms with Crippen molar-refractivity contribution in [1.82, 2.24) is 24.8 Å². The Morgan fingerprint density at radius 3 is 1.92 bits per heavy atom. The molecule has 2 atom stereocenters. The van der Waals surface area contributed by atoms with Gasteiger partial charge in [0.05, 0.1) is 25.7 Å². The standard InChI is InChI=1S/C19H26FN3O.C19H25FN2OS/c1-23-10-8-17(23)14-24-18-11-15(12-21-13-18)19-7-6-16(22-19)5-3-2-4-9-20;1-22-10-8-16(22)14-23-17-11-15(12-21-13-17)19-7-6-18(24-19)5-3-2-4-9-20/h6-7,11-13,17,22H,2-5,8-10,14H2,1H3;6-7,11-13,16H,2-5,8-10,14H2,1H3. The third-order valence-corrected chi connectivity index (χ3v) is 10.5. The molecule has 1 N–H and O–H groups in total. The number of hydrogen-bond donors (Lipinski definition) is 1. The predicted octanol–water partition coefficient (Wildman–Crippen LogP) is 8.42. The number of nitrogens with one attached hydrogen (secondary N) is 1. The number of nitrogens with zero attached hydrogens (tertiary/aromatic N) is 4. The first kappa shape index (κ1) is 36.0. The highest BCUT2D eigenvalue weighted by Gasteiger charge is 2.25. The van der Waals surface area contributed by atoms with Crippen molar-refractivity contribution in [3.63, 3.8) is 0 Å². The smallest absolute Gasteiger partial charge is 0.138 e. The number of halogens is 2. The highest BCUT2D eigenvalue weighted by Crippen LogP contribution is 2.31. The van der Waals surface area contributed by atoms with E-state index in [9.17, 15) is 8.78 Å². The van der Waals surface area contributed by atoms with Gasteiger partial charge in [0.1, 0.15) is 24.7 Å². The number of unbranched alkanes of at least 4 members (excludes halogenated alkanes) is 4. The molecule has 2 aliphatic rings. The Balaban J connectivity index is 0.000000188. The van der Waals surface area contributed by atoms with Crippen LogP contribution >= 0.6 is 11.3 Å². The molecule has 2 fully saturated rings. The van der Waals surface area contributed by atoms with Gasteiger partial charge in [-0.3, -0.25) is 28.5 Å². The van der Waals surface area contributed by atoms with Crippen LogP contribution in [0.5, 0.6) is 11.5 Å². The molecule has 0 radical (unpaired) electrons. The summed E-state index contributed by atoms with van der Waals surface area (Å²) in [6, 6.07) is 13.7. The minimum Gasteiger partial charge on any atom is -0.490 e. The molecule has 0 aromatic carbocycles. The molecule has 260 valence electrons. The first-order valence-corrected chi connectivity index (χ1v) is 18.3. The van der Waals surface area contributed by atoms with E-state index in [1.165, 1.54) is 28.3 Å². The van der Waals surface area contributed by atoms with Gasteiger partial charge in [-0.15, -0.1) is 11.3 Å². The number of aromatic amines is 1. The van der Waals surface area contributed by atoms with Crippen molar-refractivity contribution in [2.45, 2.75) is 76.3 Å². The second kappa shape index (κ2) is 19.0. The lowest BCUT2D eigenvalue weighted by molar-refractivity contribution is 0.0767. The predicted molar refractivity (Wildman–Crippen MR) is 192 cm³/mol. The van der Waals surface area contributed by atoms with Crippen LogP contribution in [0.3, 0.4) is 0 Å². The molecule has 0 bridgehead atoms. The summed E-state index contributed by atoms with van der Waals surface area (Å²) in [5.41, 5.74) is 4.37. The van der Waals surface area contributed by atoms with Crippen molar-refractivity contribution >= 4 is 11.3 Å². The molecular weight excluding hydrogens is 629 g/mol. The van der Waals surface area contributed by atoms with Crippen LogP contribution < -0.4 is 9.47 Å². The molecule has 48 heavy (non-hydrogen) atoms. The number of hydrogen-bond acceptors (Lipinski definition) is 7. The Kier molecular flexibility index (Phi) is 14.2. The molecule has 0 aliphatic carbocycles. The van der Waals surface area contributed by atoms with Crippen LogP contribution in [0.25, 0.3) is 21.7 Å². The summed E-state index contributed by atoms with van der Waals surface area (Å²) < 4.78 is 36.0. The van der Waals surface area contributed by atoms with E-state index in [1.54, 1.807) is 23.7 Å². The fourth-order valence-corrected chi connectivity index (χ4v) is 6.83. The van der Waals surface area contributed by atoms with E-state index in [1.807, 2.05) is 18.5 Å². The molecular formula is C38H51F2N5O2S. The summed E-state index contributed by atoms with van der Waals surface area (Å²) in [5.74, 6) is 1.65. The summed E-state index contributed by atoms with van der Waals surface area (Å²) in [4.78, 5) is 19.2. The van der Waals surface area contributed by atoms with Gasteiger partial charge in [-0.25, -0.2) is 0 Å². The summed E-state index contributed by atoms with van der Waals surface area (Å²) in [6.45, 7) is 3.34. The van der Waals surface area contributed by atoms with Crippen molar-refractivity contribution < 1.29 is 18.3 Å². The number of pyridine rings is 2. The van der Waals surface area contributed by atoms with E-state index in [0.717, 1.165) is 86.5 Å². The number of likely N-dealkylation sites (N-methyl/N-ethyl adjacent to an activating group) is 2. The third kappa shape index (κ3) is 10.8. The molecule has 7 nitrogen and oxygen atoms in total. The molecule has 2 unspecified atom stereocenters. The average Bonchev–Trinajstić information content (AvgIpc) is 3.78. The molecule has 0 spiro atoms. The van der Waals surface area contributed by atoms with Crippen LogP contribution in [0.15, 0.2) is 61.2 Å². The summed E-state index contributed by atoms with van der Waals surface area (Å²) in [5, 5.41) is 0. The highest BCUT2D eigenvalue weighted by atomic mass is 32.1. The fraction of sp³-hybridized carbons (Fsp3) is 0.526. The van der Waals surface area contributed by atoms with Crippen molar-refractivity contribution in [2.75, 3.05) is 53.7 Å². The van der Waals surface area contributed by atoms with Gasteiger partial charge in [-0.05, 0) is 115 Å². The van der Waals surface area contributed by atoms with Gasteiger partial charge in [0.25, 0.3) is 0 Å². The SMILES string of the molecule is CN1CCC1COc1cncc(-c2ccc(CCCCCF)[nH]2)c1.CN1CCC1COc1cncc(-c2ccc(CCCCCF)s2)c1. The molecule has 0 amide bonds. The lowest BCUT2D eigenvalue weighted by Crippen LogP contribution is -2.48. The number of aryl methyl sites for hydroxylation is 2. The van der Waals surface area contributed by atoms with E-state index >= 15 is 0 Å². The van der Waals surface area contributed by atoms with Gasteiger partial charge >= 0.3 is 0 Å². The lowest BCUT2D eigenvalue weighted by Gasteiger charge is -2.37. The minimum absolute atomic E-state index is 0.204. The highest BCUT2D eigenvalue weighted by molar-refractivity contribution is 7.15. The van der Waals surface area contributed by atoms with Crippen LogP contribution in [0.1, 0.15) is 61.9 Å². The van der Waals surface area contributed by atoms with Crippen LogP contribution in [0, 0.1) is 0 Å². The maximum atomic E-state index is 12.1. The lowest BCUT2D eigenvalue weighted by atomic mass is 10.1. The number of thiophene rings is 1. The minimum atomic E-state index is -0.217. The normalized spacial score (nSPS) is 17.7. The van der Waals surface area contributed by atoms with Gasteiger partial charge in [0, 0.05) is 56.7 Å². The molecule has 2 aliphatic heterocycles. The van der Waals surface area contributed by atoms with Crippen LogP contribution in [0.4, 0.5) is 8.78 Å². The molecule has 10 heteroatoms. The van der Waals surface area contributed by atoms with Gasteiger partial charge in [-0.2, -0.15) is 0 Å². The third-order valence-electron chi connectivity index (χ3n) is 9.33. The number of rotatable bonds is 18. The van der Waals surface area contributed by atoms with Crippen molar-refractivity contribution in [1.29, 1.82) is 0 Å². The van der Waals surface area contributed by atoms with Gasteiger partial charge in [0.15, 0.2) is 0 Å². The quantitative estimate of drug-likeness (QED) is 0.107. The second-order valence-electron chi connectivity index (χ2n) is 12.9. The first-order chi connectivity index (χ1) is 23.5. The summed E-state index contributed by atoms with van der Waals surface area (Å²) in [7, 11) is 4.26. The van der Waals surface area contributed by atoms with Gasteiger partial charge in [0.2, 0.25) is 0 Å². The first-order valence-electron chi connectivity index (χ1n) is 17.5. The van der Waals surface area contributed by atoms with E-state index in [-0.39, 0.29) is 13.3 Å². The molecule has 6 rings (SSSR count). The molecule has 0 saturated carbocycles. The number of H-pyrrole nitrogens is 1. The largest absolute Gasteiger partial charge is 0.490 e. The van der Waals surface area contributed by atoms with Crippen molar-refractivity contribution in [3.8, 4) is 33.2 Å².